The smallest absolute Gasteiger partial charge is 0.207 e. The Kier molecular flexibility index (Phi) is 1.56. The van der Waals surface area contributed by atoms with Gasteiger partial charge in [0.2, 0.25) is 10.0 Å². The zero-order valence-electron chi connectivity index (χ0n) is 7.68. The van der Waals surface area contributed by atoms with Gasteiger partial charge in [-0.1, -0.05) is 18.2 Å². The van der Waals surface area contributed by atoms with Gasteiger partial charge in [-0.2, -0.15) is 4.31 Å². The third kappa shape index (κ3) is 0.875. The summed E-state index contributed by atoms with van der Waals surface area (Å²) in [6, 6.07) is 7.47. The highest BCUT2D eigenvalue weighted by molar-refractivity contribution is 7.89. The highest BCUT2D eigenvalue weighted by Crippen LogP contribution is 2.45. The van der Waals surface area contributed by atoms with Gasteiger partial charge in [0, 0.05) is 6.54 Å². The predicted octanol–water partition coefficient (Wildman–Crippen LogP) is 1.53. The molecule has 14 heavy (non-hydrogen) atoms. The standard InChI is InChI=1S/C10H11NO2S/c12-14(13)10-6-2-1-4-8(10)9-5-3-7-11(9)14/h1-2,4,6,9H,3,5,7H2/t9-/m0/s1. The monoisotopic (exact) mass is 209 g/mol. The molecule has 0 unspecified atom stereocenters. The molecule has 3 rings (SSSR count). The third-order valence-electron chi connectivity index (χ3n) is 3.07. The number of benzene rings is 1. The summed E-state index contributed by atoms with van der Waals surface area (Å²) in [4.78, 5) is 0.518. The van der Waals surface area contributed by atoms with Crippen LogP contribution in [-0.4, -0.2) is 19.3 Å². The van der Waals surface area contributed by atoms with Crippen LogP contribution in [-0.2, 0) is 10.0 Å². The molecule has 74 valence electrons. The Balaban J connectivity index is 2.30. The molecule has 1 fully saturated rings. The van der Waals surface area contributed by atoms with E-state index in [4.69, 9.17) is 0 Å². The number of nitrogens with zero attached hydrogens (tertiary/aromatic N) is 1. The van der Waals surface area contributed by atoms with Crippen LogP contribution < -0.4 is 0 Å². The van der Waals surface area contributed by atoms with E-state index in [9.17, 15) is 8.42 Å². The van der Waals surface area contributed by atoms with Gasteiger partial charge in [-0.15, -0.1) is 0 Å². The summed E-state index contributed by atoms with van der Waals surface area (Å²) in [7, 11) is -3.15. The Morgan fingerprint density at radius 2 is 2.07 bits per heavy atom. The zero-order valence-corrected chi connectivity index (χ0v) is 8.50. The number of sulfonamides is 1. The first-order valence-electron chi connectivity index (χ1n) is 4.82. The molecule has 1 aromatic rings. The summed E-state index contributed by atoms with van der Waals surface area (Å²) >= 11 is 0. The lowest BCUT2D eigenvalue weighted by Crippen LogP contribution is -2.23. The van der Waals surface area contributed by atoms with E-state index in [2.05, 4.69) is 0 Å². The number of hydrogen-bond donors (Lipinski definition) is 0. The molecule has 0 bridgehead atoms. The van der Waals surface area contributed by atoms with Crippen molar-refractivity contribution in [3.8, 4) is 0 Å². The maximum absolute atomic E-state index is 12.0. The fourth-order valence-electron chi connectivity index (χ4n) is 2.46. The molecule has 0 spiro atoms. The van der Waals surface area contributed by atoms with E-state index in [1.165, 1.54) is 0 Å². The molecular weight excluding hydrogens is 198 g/mol. The maximum atomic E-state index is 12.0. The topological polar surface area (TPSA) is 37.4 Å². The van der Waals surface area contributed by atoms with E-state index in [-0.39, 0.29) is 6.04 Å². The normalized spacial score (nSPS) is 28.7. The van der Waals surface area contributed by atoms with Crippen molar-refractivity contribution in [2.24, 2.45) is 0 Å². The van der Waals surface area contributed by atoms with Crippen LogP contribution >= 0.6 is 0 Å². The minimum atomic E-state index is -3.15. The minimum Gasteiger partial charge on any atom is -0.207 e. The summed E-state index contributed by atoms with van der Waals surface area (Å²) < 4.78 is 25.6. The Bertz CT molecular complexity index is 481. The molecule has 2 aliphatic rings. The first kappa shape index (κ1) is 8.44. The second-order valence-corrected chi connectivity index (χ2v) is 5.67. The van der Waals surface area contributed by atoms with Crippen LogP contribution in [0.15, 0.2) is 29.2 Å². The fourth-order valence-corrected chi connectivity index (χ4v) is 4.38. The largest absolute Gasteiger partial charge is 0.243 e. The van der Waals surface area contributed by atoms with Crippen molar-refractivity contribution >= 4 is 10.0 Å². The lowest BCUT2D eigenvalue weighted by Gasteiger charge is -2.12. The Morgan fingerprint density at radius 1 is 1.29 bits per heavy atom. The molecule has 0 amide bonds. The molecule has 4 heteroatoms. The van der Waals surface area contributed by atoms with Gasteiger partial charge < -0.3 is 0 Å². The van der Waals surface area contributed by atoms with Gasteiger partial charge in [-0.05, 0) is 24.5 Å². The van der Waals surface area contributed by atoms with Crippen molar-refractivity contribution < 1.29 is 8.42 Å². The molecule has 1 saturated heterocycles. The van der Waals surface area contributed by atoms with E-state index in [1.807, 2.05) is 12.1 Å². The van der Waals surface area contributed by atoms with Crippen LogP contribution in [0.3, 0.4) is 0 Å². The van der Waals surface area contributed by atoms with Crippen LogP contribution in [0.5, 0.6) is 0 Å². The van der Waals surface area contributed by atoms with E-state index in [0.717, 1.165) is 18.4 Å². The highest BCUT2D eigenvalue weighted by atomic mass is 32.2. The average Bonchev–Trinajstić information content (AvgIpc) is 2.72. The first-order chi connectivity index (χ1) is 6.71. The molecule has 2 heterocycles. The van der Waals surface area contributed by atoms with Gasteiger partial charge in [0.15, 0.2) is 0 Å². The summed E-state index contributed by atoms with van der Waals surface area (Å²) in [5, 5.41) is 0. The lowest BCUT2D eigenvalue weighted by molar-refractivity contribution is 0.418. The predicted molar refractivity (Wildman–Crippen MR) is 52.3 cm³/mol. The van der Waals surface area contributed by atoms with Crippen molar-refractivity contribution in [2.75, 3.05) is 6.54 Å². The summed E-state index contributed by atoms with van der Waals surface area (Å²) in [6.07, 6.45) is 1.95. The molecule has 0 aromatic heterocycles. The molecule has 0 N–H and O–H groups in total. The summed E-state index contributed by atoms with van der Waals surface area (Å²) in [5.41, 5.74) is 0.991. The van der Waals surface area contributed by atoms with Gasteiger partial charge in [0.1, 0.15) is 0 Å². The van der Waals surface area contributed by atoms with Crippen LogP contribution in [0, 0.1) is 0 Å². The number of hydrogen-bond acceptors (Lipinski definition) is 2. The van der Waals surface area contributed by atoms with Gasteiger partial charge in [-0.25, -0.2) is 8.42 Å². The average molecular weight is 209 g/mol. The second-order valence-electron chi connectivity index (χ2n) is 3.81. The van der Waals surface area contributed by atoms with Gasteiger partial charge in [0.25, 0.3) is 0 Å². The first-order valence-corrected chi connectivity index (χ1v) is 6.26. The molecule has 0 radical (unpaired) electrons. The molecular formula is C10H11NO2S. The Labute approximate surface area is 83.4 Å². The quantitative estimate of drug-likeness (QED) is 0.649. The van der Waals surface area contributed by atoms with E-state index >= 15 is 0 Å². The van der Waals surface area contributed by atoms with Crippen LogP contribution in [0.2, 0.25) is 0 Å². The van der Waals surface area contributed by atoms with E-state index in [0.29, 0.717) is 11.4 Å². The van der Waals surface area contributed by atoms with Gasteiger partial charge >= 0.3 is 0 Å². The van der Waals surface area contributed by atoms with Crippen LogP contribution in [0.1, 0.15) is 24.4 Å². The molecule has 0 aliphatic carbocycles. The van der Waals surface area contributed by atoms with Crippen molar-refractivity contribution in [3.63, 3.8) is 0 Å². The molecule has 0 saturated carbocycles. The highest BCUT2D eigenvalue weighted by Gasteiger charge is 2.44. The van der Waals surface area contributed by atoms with E-state index in [1.54, 1.807) is 16.4 Å². The summed E-state index contributed by atoms with van der Waals surface area (Å²) in [6.45, 7) is 0.682. The van der Waals surface area contributed by atoms with Gasteiger partial charge in [0.05, 0.1) is 10.9 Å². The van der Waals surface area contributed by atoms with Crippen molar-refractivity contribution in [2.45, 2.75) is 23.8 Å². The lowest BCUT2D eigenvalue weighted by atomic mass is 10.1. The number of fused-ring (bicyclic) bond motifs is 3. The maximum Gasteiger partial charge on any atom is 0.243 e. The minimum absolute atomic E-state index is 0.121. The molecule has 2 aliphatic heterocycles. The number of rotatable bonds is 0. The van der Waals surface area contributed by atoms with Gasteiger partial charge in [-0.3, -0.25) is 0 Å². The zero-order chi connectivity index (χ0) is 9.76. The Hall–Kier alpha value is -0.870. The second kappa shape index (κ2) is 2.58. The van der Waals surface area contributed by atoms with Crippen molar-refractivity contribution in [1.82, 2.24) is 4.31 Å². The van der Waals surface area contributed by atoms with E-state index < -0.39 is 10.0 Å². The van der Waals surface area contributed by atoms with Crippen molar-refractivity contribution in [1.29, 1.82) is 0 Å². The molecule has 1 atom stereocenters. The van der Waals surface area contributed by atoms with Crippen LogP contribution in [0.25, 0.3) is 0 Å². The Morgan fingerprint density at radius 3 is 2.93 bits per heavy atom. The molecule has 3 nitrogen and oxygen atoms in total. The SMILES string of the molecule is O=S1(=O)c2ccccc2[C@@H]2CCCN21. The summed E-state index contributed by atoms with van der Waals surface area (Å²) in [5.74, 6) is 0. The van der Waals surface area contributed by atoms with Crippen molar-refractivity contribution in [3.05, 3.63) is 29.8 Å². The molecule has 1 aromatic carbocycles. The van der Waals surface area contributed by atoms with Crippen LogP contribution in [0.4, 0.5) is 0 Å². The third-order valence-corrected chi connectivity index (χ3v) is 5.05. The fraction of sp³-hybridized carbons (Fsp3) is 0.400.